The van der Waals surface area contributed by atoms with Crippen molar-refractivity contribution < 1.29 is 23.9 Å². The predicted octanol–water partition coefficient (Wildman–Crippen LogP) is 7.15. The van der Waals surface area contributed by atoms with Gasteiger partial charge < -0.3 is 14.8 Å². The molecule has 40 heavy (non-hydrogen) atoms. The summed E-state index contributed by atoms with van der Waals surface area (Å²) in [5.41, 5.74) is 2.13. The van der Waals surface area contributed by atoms with E-state index in [9.17, 15) is 14.4 Å². The molecule has 4 aromatic rings. The van der Waals surface area contributed by atoms with Gasteiger partial charge in [-0.15, -0.1) is 0 Å². The maximum atomic E-state index is 13.2. The summed E-state index contributed by atoms with van der Waals surface area (Å²) in [4.78, 5) is 39.9. The highest BCUT2D eigenvalue weighted by Gasteiger charge is 2.35. The summed E-state index contributed by atoms with van der Waals surface area (Å²) in [6, 6.07) is 25.7. The first-order valence-electron chi connectivity index (χ1n) is 12.6. The number of benzene rings is 4. The molecular formula is C31H25ClN2O5S. The number of ether oxygens (including phenoxy) is 2. The number of halogens is 1. The lowest BCUT2D eigenvalue weighted by atomic mass is 10.0. The average Bonchev–Trinajstić information content (AvgIpc) is 3.20. The molecule has 0 radical (unpaired) electrons. The fraction of sp³-hybridized carbons (Fsp3) is 0.129. The van der Waals surface area contributed by atoms with Gasteiger partial charge in [0.05, 0.1) is 18.1 Å². The molecule has 1 saturated heterocycles. The first-order chi connectivity index (χ1) is 19.4. The van der Waals surface area contributed by atoms with Crippen LogP contribution >= 0.6 is 23.4 Å². The van der Waals surface area contributed by atoms with Gasteiger partial charge >= 0.3 is 0 Å². The lowest BCUT2D eigenvalue weighted by Crippen LogP contribution is -2.27. The first-order valence-corrected chi connectivity index (χ1v) is 13.8. The molecule has 0 unspecified atom stereocenters. The fourth-order valence-electron chi connectivity index (χ4n) is 4.30. The van der Waals surface area contributed by atoms with Crippen LogP contribution in [0, 0.1) is 0 Å². The summed E-state index contributed by atoms with van der Waals surface area (Å²) in [6.45, 7) is 2.16. The smallest absolute Gasteiger partial charge is 0.293 e. The quantitative estimate of drug-likeness (QED) is 0.214. The Morgan fingerprint density at radius 2 is 1.75 bits per heavy atom. The van der Waals surface area contributed by atoms with Crippen molar-refractivity contribution in [3.63, 3.8) is 0 Å². The van der Waals surface area contributed by atoms with Gasteiger partial charge in [0.25, 0.3) is 17.1 Å². The van der Waals surface area contributed by atoms with E-state index in [0.717, 1.165) is 28.1 Å². The summed E-state index contributed by atoms with van der Waals surface area (Å²) in [7, 11) is 0. The van der Waals surface area contributed by atoms with Crippen LogP contribution in [-0.2, 0) is 16.1 Å². The third-order valence-electron chi connectivity index (χ3n) is 6.11. The highest BCUT2D eigenvalue weighted by Crippen LogP contribution is 2.36. The van der Waals surface area contributed by atoms with Crippen LogP contribution in [0.5, 0.6) is 11.5 Å². The molecule has 202 valence electrons. The van der Waals surface area contributed by atoms with E-state index in [1.807, 2.05) is 49.4 Å². The second-order valence-corrected chi connectivity index (χ2v) is 10.3. The first kappa shape index (κ1) is 27.3. The van der Waals surface area contributed by atoms with E-state index in [4.69, 9.17) is 21.1 Å². The molecule has 5 rings (SSSR count). The monoisotopic (exact) mass is 572 g/mol. The van der Waals surface area contributed by atoms with Gasteiger partial charge in [-0.25, -0.2) is 0 Å². The maximum absolute atomic E-state index is 13.2. The lowest BCUT2D eigenvalue weighted by Gasteiger charge is -2.14. The van der Waals surface area contributed by atoms with Crippen LogP contribution < -0.4 is 14.8 Å². The van der Waals surface area contributed by atoms with Gasteiger partial charge in [0.1, 0.15) is 0 Å². The number of rotatable bonds is 9. The Balaban J connectivity index is 1.29. The maximum Gasteiger partial charge on any atom is 0.293 e. The number of fused-ring (bicyclic) bond motifs is 1. The number of thioether (sulfide) groups is 1. The van der Waals surface area contributed by atoms with Gasteiger partial charge in [-0.1, -0.05) is 66.2 Å². The van der Waals surface area contributed by atoms with Crippen molar-refractivity contribution in [3.05, 3.63) is 106 Å². The molecule has 1 aliphatic rings. The lowest BCUT2D eigenvalue weighted by molar-refractivity contribution is -0.123. The number of nitrogens with one attached hydrogen (secondary N) is 1. The minimum Gasteiger partial charge on any atom is -0.490 e. The number of nitrogens with zero attached hydrogens (tertiary/aromatic N) is 1. The van der Waals surface area contributed by atoms with E-state index in [1.165, 1.54) is 4.90 Å². The van der Waals surface area contributed by atoms with Crippen LogP contribution in [0.2, 0.25) is 5.02 Å². The van der Waals surface area contributed by atoms with E-state index in [2.05, 4.69) is 5.32 Å². The van der Waals surface area contributed by atoms with Gasteiger partial charge in [-0.05, 0) is 77.0 Å². The highest BCUT2D eigenvalue weighted by molar-refractivity contribution is 8.18. The van der Waals surface area contributed by atoms with Gasteiger partial charge in [0.2, 0.25) is 0 Å². The number of imide groups is 1. The number of hydrogen-bond donors (Lipinski definition) is 1. The number of carbonyl (C=O) groups excluding carboxylic acids is 3. The zero-order chi connectivity index (χ0) is 28.1. The molecule has 0 aliphatic carbocycles. The predicted molar refractivity (Wildman–Crippen MR) is 159 cm³/mol. The molecule has 1 fully saturated rings. The summed E-state index contributed by atoms with van der Waals surface area (Å²) in [6.07, 6.45) is 1.66. The van der Waals surface area contributed by atoms with Gasteiger partial charge in [-0.2, -0.15) is 0 Å². The van der Waals surface area contributed by atoms with Gasteiger partial charge in [0.15, 0.2) is 18.1 Å². The molecule has 9 heteroatoms. The third kappa shape index (κ3) is 6.30. The van der Waals surface area contributed by atoms with Crippen molar-refractivity contribution in [2.45, 2.75) is 13.5 Å². The molecule has 0 spiro atoms. The number of amides is 3. The molecule has 0 bridgehead atoms. The standard InChI is InChI=1S/C31H25ClN2O5S/c1-2-38-27-15-20(13-14-26(27)39-19-29(35)33-24-11-6-10-23(32)17-24)16-28-30(36)34(31(37)40-28)18-22-9-5-8-21-7-3-4-12-25(21)22/h3-17H,2,18-19H2,1H3,(H,33,35)/b28-16-. The van der Waals surface area contributed by atoms with Crippen LogP contribution in [0.25, 0.3) is 16.8 Å². The van der Waals surface area contributed by atoms with E-state index in [1.54, 1.807) is 48.5 Å². The zero-order valence-electron chi connectivity index (χ0n) is 21.6. The van der Waals surface area contributed by atoms with Crippen LogP contribution in [0.1, 0.15) is 18.1 Å². The highest BCUT2D eigenvalue weighted by atomic mass is 35.5. The van der Waals surface area contributed by atoms with Crippen molar-refractivity contribution in [3.8, 4) is 11.5 Å². The Morgan fingerprint density at radius 3 is 2.58 bits per heavy atom. The molecule has 4 aromatic carbocycles. The number of hydrogen-bond acceptors (Lipinski definition) is 6. The van der Waals surface area contributed by atoms with Gasteiger partial charge in [-0.3, -0.25) is 19.3 Å². The van der Waals surface area contributed by atoms with Gasteiger partial charge in [0, 0.05) is 10.7 Å². The Kier molecular flexibility index (Phi) is 8.38. The Hall–Kier alpha value is -4.27. The molecule has 1 N–H and O–H groups in total. The molecule has 1 heterocycles. The second-order valence-electron chi connectivity index (χ2n) is 8.89. The van der Waals surface area contributed by atoms with E-state index < -0.39 is 0 Å². The van der Waals surface area contributed by atoms with Crippen LogP contribution in [-0.4, -0.2) is 35.2 Å². The minimum atomic E-state index is -0.353. The molecule has 1 aliphatic heterocycles. The van der Waals surface area contributed by atoms with Crippen molar-refractivity contribution in [2.75, 3.05) is 18.5 Å². The van der Waals surface area contributed by atoms with Crippen molar-refractivity contribution in [1.29, 1.82) is 0 Å². The van der Waals surface area contributed by atoms with E-state index in [-0.39, 0.29) is 30.2 Å². The molecule has 0 aromatic heterocycles. The van der Waals surface area contributed by atoms with Crippen molar-refractivity contribution in [2.24, 2.45) is 0 Å². The largest absolute Gasteiger partial charge is 0.490 e. The molecule has 0 saturated carbocycles. The summed E-state index contributed by atoms with van der Waals surface area (Å²) in [5, 5.41) is 4.98. The normalized spacial score (nSPS) is 14.2. The number of carbonyl (C=O) groups is 3. The third-order valence-corrected chi connectivity index (χ3v) is 7.26. The second kappa shape index (κ2) is 12.3. The summed E-state index contributed by atoms with van der Waals surface area (Å²) >= 11 is 6.87. The van der Waals surface area contributed by atoms with Crippen molar-refractivity contribution in [1.82, 2.24) is 4.90 Å². The Morgan fingerprint density at radius 1 is 0.950 bits per heavy atom. The van der Waals surface area contributed by atoms with Crippen LogP contribution in [0.4, 0.5) is 10.5 Å². The molecule has 3 amide bonds. The summed E-state index contributed by atoms with van der Waals surface area (Å²) < 4.78 is 11.4. The summed E-state index contributed by atoms with van der Waals surface area (Å²) in [5.74, 6) is 0.0960. The van der Waals surface area contributed by atoms with Crippen molar-refractivity contribution >= 4 is 63.0 Å². The molecular weight excluding hydrogens is 548 g/mol. The van der Waals surface area contributed by atoms with Crippen LogP contribution in [0.15, 0.2) is 89.8 Å². The van der Waals surface area contributed by atoms with E-state index >= 15 is 0 Å². The SMILES string of the molecule is CCOc1cc(/C=C2\SC(=O)N(Cc3cccc4ccccc34)C2=O)ccc1OCC(=O)Nc1cccc(Cl)c1. The topological polar surface area (TPSA) is 84.9 Å². The van der Waals surface area contributed by atoms with E-state index in [0.29, 0.717) is 39.3 Å². The van der Waals surface area contributed by atoms with Crippen LogP contribution in [0.3, 0.4) is 0 Å². The zero-order valence-corrected chi connectivity index (χ0v) is 23.1. The Bertz CT molecular complexity index is 1630. The average molecular weight is 573 g/mol. The molecule has 0 atom stereocenters. The number of anilines is 1. The fourth-order valence-corrected chi connectivity index (χ4v) is 5.33. The molecule has 7 nitrogen and oxygen atoms in total. The Labute approximate surface area is 240 Å². The minimum absolute atomic E-state index is 0.192.